The van der Waals surface area contributed by atoms with E-state index >= 15 is 0 Å². The molecule has 0 saturated carbocycles. The monoisotopic (exact) mass is 335 g/mol. The van der Waals surface area contributed by atoms with Crippen molar-refractivity contribution in [3.8, 4) is 11.4 Å². The maximum absolute atomic E-state index is 12.7. The number of hydrogen-bond acceptors (Lipinski definition) is 4. The molecule has 0 aliphatic carbocycles. The van der Waals surface area contributed by atoms with Crippen LogP contribution in [-0.2, 0) is 5.54 Å². The highest BCUT2D eigenvalue weighted by Crippen LogP contribution is 2.36. The Kier molecular flexibility index (Phi) is 3.40. The average Bonchev–Trinajstić information content (AvgIpc) is 2.78. The summed E-state index contributed by atoms with van der Waals surface area (Å²) in [6.45, 7) is 0.784. The Morgan fingerprint density at radius 2 is 1.79 bits per heavy atom. The fourth-order valence-corrected chi connectivity index (χ4v) is 1.54. The van der Waals surface area contributed by atoms with Gasteiger partial charge in [0.2, 0.25) is 5.82 Å². The normalized spacial score (nSPS) is 15.3. The molecule has 1 heterocycles. The molecule has 2 aromatic rings. The zero-order valence-electron chi connectivity index (χ0n) is 9.70. The van der Waals surface area contributed by atoms with Crippen LogP contribution in [0, 0.1) is 0 Å². The third-order valence-corrected chi connectivity index (χ3v) is 3.09. The van der Waals surface area contributed by atoms with Crippen LogP contribution < -0.4 is 5.73 Å². The highest BCUT2D eigenvalue weighted by Gasteiger charge is 2.53. The number of hydrogen-bond donors (Lipinski definition) is 1. The van der Waals surface area contributed by atoms with Crippen molar-refractivity contribution in [3.05, 3.63) is 34.6 Å². The van der Waals surface area contributed by atoms with Gasteiger partial charge >= 0.3 is 6.18 Å². The van der Waals surface area contributed by atoms with Crippen molar-refractivity contribution in [2.45, 2.75) is 18.6 Å². The van der Waals surface area contributed by atoms with E-state index in [1.54, 1.807) is 24.3 Å². The SMILES string of the molecule is CC(N)(c1nc(-c2ccc(Br)cc2)no1)C(F)(F)F. The Morgan fingerprint density at radius 3 is 2.32 bits per heavy atom. The highest BCUT2D eigenvalue weighted by molar-refractivity contribution is 9.10. The van der Waals surface area contributed by atoms with Crippen molar-refractivity contribution in [3.63, 3.8) is 0 Å². The van der Waals surface area contributed by atoms with E-state index in [-0.39, 0.29) is 5.82 Å². The molecule has 102 valence electrons. The minimum Gasteiger partial charge on any atom is -0.337 e. The molecule has 0 aliphatic rings. The molecule has 19 heavy (non-hydrogen) atoms. The largest absolute Gasteiger partial charge is 0.415 e. The molecule has 2 N–H and O–H groups in total. The summed E-state index contributed by atoms with van der Waals surface area (Å²) in [5, 5.41) is 3.51. The van der Waals surface area contributed by atoms with E-state index in [0.29, 0.717) is 5.56 Å². The number of rotatable bonds is 2. The van der Waals surface area contributed by atoms with Crippen molar-refractivity contribution in [1.29, 1.82) is 0 Å². The Bertz CT molecular complexity index is 578. The van der Waals surface area contributed by atoms with Gasteiger partial charge in [-0.1, -0.05) is 21.1 Å². The molecule has 1 atom stereocenters. The first-order valence-electron chi connectivity index (χ1n) is 5.17. The predicted molar refractivity (Wildman–Crippen MR) is 65.0 cm³/mol. The number of nitrogens with two attached hydrogens (primary N) is 1. The summed E-state index contributed by atoms with van der Waals surface area (Å²) in [5.41, 5.74) is 3.07. The summed E-state index contributed by atoms with van der Waals surface area (Å²) in [6.07, 6.45) is -4.67. The number of halogens is 4. The molecule has 0 spiro atoms. The maximum atomic E-state index is 12.7. The number of benzene rings is 1. The van der Waals surface area contributed by atoms with Gasteiger partial charge in [0.05, 0.1) is 0 Å². The second-order valence-electron chi connectivity index (χ2n) is 4.13. The zero-order chi connectivity index (χ0) is 14.3. The summed E-state index contributed by atoms with van der Waals surface area (Å²) in [6, 6.07) is 6.74. The molecule has 0 aliphatic heterocycles. The van der Waals surface area contributed by atoms with Gasteiger partial charge in [0, 0.05) is 10.0 Å². The van der Waals surface area contributed by atoms with Crippen LogP contribution in [0.5, 0.6) is 0 Å². The molecular formula is C11H9BrF3N3O. The van der Waals surface area contributed by atoms with Crippen LogP contribution in [0.15, 0.2) is 33.3 Å². The Labute approximate surface area is 114 Å². The Balaban J connectivity index is 2.37. The number of aromatic nitrogens is 2. The first-order chi connectivity index (χ1) is 8.72. The van der Waals surface area contributed by atoms with Gasteiger partial charge in [-0.05, 0) is 31.2 Å². The minimum absolute atomic E-state index is 0.0587. The van der Waals surface area contributed by atoms with E-state index in [4.69, 9.17) is 5.73 Å². The van der Waals surface area contributed by atoms with E-state index in [2.05, 4.69) is 30.6 Å². The van der Waals surface area contributed by atoms with Crippen LogP contribution >= 0.6 is 15.9 Å². The molecule has 1 unspecified atom stereocenters. The molecule has 0 amide bonds. The van der Waals surface area contributed by atoms with E-state index in [1.807, 2.05) is 0 Å². The molecule has 0 radical (unpaired) electrons. The zero-order valence-corrected chi connectivity index (χ0v) is 11.3. The molecule has 2 rings (SSSR count). The summed E-state index contributed by atoms with van der Waals surface area (Å²) < 4.78 is 43.6. The van der Waals surface area contributed by atoms with Crippen molar-refractivity contribution in [2.75, 3.05) is 0 Å². The van der Waals surface area contributed by atoms with Gasteiger partial charge in [-0.2, -0.15) is 18.2 Å². The van der Waals surface area contributed by atoms with Crippen LogP contribution in [0.4, 0.5) is 13.2 Å². The van der Waals surface area contributed by atoms with E-state index in [1.165, 1.54) is 0 Å². The van der Waals surface area contributed by atoms with Gasteiger partial charge in [0.25, 0.3) is 5.89 Å². The van der Waals surface area contributed by atoms with Crippen molar-refractivity contribution < 1.29 is 17.7 Å². The molecule has 4 nitrogen and oxygen atoms in total. The first-order valence-corrected chi connectivity index (χ1v) is 5.97. The van der Waals surface area contributed by atoms with E-state index < -0.39 is 17.6 Å². The smallest absolute Gasteiger partial charge is 0.337 e. The lowest BCUT2D eigenvalue weighted by Gasteiger charge is -2.22. The van der Waals surface area contributed by atoms with Crippen LogP contribution in [0.2, 0.25) is 0 Å². The van der Waals surface area contributed by atoms with E-state index in [0.717, 1.165) is 11.4 Å². The van der Waals surface area contributed by atoms with Gasteiger partial charge in [-0.15, -0.1) is 0 Å². The van der Waals surface area contributed by atoms with Crippen molar-refractivity contribution >= 4 is 15.9 Å². The Morgan fingerprint density at radius 1 is 1.21 bits per heavy atom. The summed E-state index contributed by atoms with van der Waals surface area (Å²) in [4.78, 5) is 3.71. The summed E-state index contributed by atoms with van der Waals surface area (Å²) in [7, 11) is 0. The molecule has 8 heteroatoms. The van der Waals surface area contributed by atoms with Gasteiger partial charge in [-0.25, -0.2) is 0 Å². The molecule has 1 aromatic heterocycles. The van der Waals surface area contributed by atoms with Crippen LogP contribution in [0.3, 0.4) is 0 Å². The second-order valence-corrected chi connectivity index (χ2v) is 5.05. The van der Waals surface area contributed by atoms with Crippen LogP contribution in [0.25, 0.3) is 11.4 Å². The van der Waals surface area contributed by atoms with Gasteiger partial charge in [-0.3, -0.25) is 0 Å². The first kappa shape index (κ1) is 14.0. The quantitative estimate of drug-likeness (QED) is 0.914. The number of alkyl halides is 3. The minimum atomic E-state index is -4.67. The van der Waals surface area contributed by atoms with Crippen molar-refractivity contribution in [1.82, 2.24) is 10.1 Å². The molecule has 0 saturated heterocycles. The Hall–Kier alpha value is -1.41. The molecule has 0 bridgehead atoms. The third-order valence-electron chi connectivity index (χ3n) is 2.56. The van der Waals surface area contributed by atoms with Crippen molar-refractivity contribution in [2.24, 2.45) is 5.73 Å². The number of nitrogens with zero attached hydrogens (tertiary/aromatic N) is 2. The lowest BCUT2D eigenvalue weighted by molar-refractivity contribution is -0.190. The van der Waals surface area contributed by atoms with Gasteiger partial charge in [0.15, 0.2) is 5.54 Å². The topological polar surface area (TPSA) is 64.9 Å². The average molecular weight is 336 g/mol. The second kappa shape index (κ2) is 4.61. The highest BCUT2D eigenvalue weighted by atomic mass is 79.9. The predicted octanol–water partition coefficient (Wildman–Crippen LogP) is 3.24. The standard InChI is InChI=1S/C11H9BrF3N3O/c1-10(16,11(13,14)15)9-17-8(18-19-9)6-2-4-7(12)5-3-6/h2-5H,16H2,1H3. The summed E-state index contributed by atoms with van der Waals surface area (Å²) >= 11 is 3.25. The summed E-state index contributed by atoms with van der Waals surface area (Å²) in [5.74, 6) is -0.610. The lowest BCUT2D eigenvalue weighted by Crippen LogP contribution is -2.47. The van der Waals surface area contributed by atoms with Crippen LogP contribution in [-0.4, -0.2) is 16.3 Å². The van der Waals surface area contributed by atoms with Crippen LogP contribution in [0.1, 0.15) is 12.8 Å². The maximum Gasteiger partial charge on any atom is 0.415 e. The fraction of sp³-hybridized carbons (Fsp3) is 0.273. The fourth-order valence-electron chi connectivity index (χ4n) is 1.27. The van der Waals surface area contributed by atoms with Gasteiger partial charge < -0.3 is 10.3 Å². The van der Waals surface area contributed by atoms with Gasteiger partial charge in [0.1, 0.15) is 0 Å². The van der Waals surface area contributed by atoms with E-state index in [9.17, 15) is 13.2 Å². The lowest BCUT2D eigenvalue weighted by atomic mass is 10.0. The molecule has 0 fully saturated rings. The third kappa shape index (κ3) is 2.64. The molecule has 1 aromatic carbocycles. The molecular weight excluding hydrogens is 327 g/mol.